The van der Waals surface area contributed by atoms with Crippen LogP contribution < -0.4 is 9.80 Å². The Morgan fingerprint density at radius 3 is 0.855 bits per heavy atom. The van der Waals surface area contributed by atoms with Crippen LogP contribution in [0.5, 0.6) is 0 Å². The molecule has 0 saturated heterocycles. The summed E-state index contributed by atoms with van der Waals surface area (Å²) >= 11 is 0. The largest absolute Gasteiger partial charge is 0.310 e. The lowest BCUT2D eigenvalue weighted by molar-refractivity contribution is 0.602. The van der Waals surface area contributed by atoms with Gasteiger partial charge in [-0.2, -0.15) is 0 Å². The predicted octanol–water partition coefficient (Wildman–Crippen LogP) is 16.9. The molecule has 8 aromatic carbocycles. The Hall–Kier alpha value is -6.38. The highest BCUT2D eigenvalue weighted by Gasteiger charge is 2.47. The number of nitrogens with zero attached hydrogens (tertiary/aromatic N) is 2. The van der Waals surface area contributed by atoms with Gasteiger partial charge in [-0.1, -0.05) is 88.4 Å². The van der Waals surface area contributed by atoms with E-state index in [0.29, 0.717) is 0 Å². The third kappa shape index (κ3) is 6.21. The van der Waals surface area contributed by atoms with Gasteiger partial charge in [-0.05, 0) is 228 Å². The molecule has 308 valence electrons. The lowest BCUT2D eigenvalue weighted by atomic mass is 9.71. The average molecular weight is 807 g/mol. The molecule has 0 saturated carbocycles. The predicted molar refractivity (Wildman–Crippen MR) is 266 cm³/mol. The van der Waals surface area contributed by atoms with Crippen molar-refractivity contribution in [1.82, 2.24) is 0 Å². The lowest BCUT2D eigenvalue weighted by Crippen LogP contribution is -2.24. The molecular weight excluding hydrogens is 749 g/mol. The molecule has 0 aliphatic heterocycles. The molecule has 0 radical (unpaired) electrons. The molecule has 62 heavy (non-hydrogen) atoms. The van der Waals surface area contributed by atoms with E-state index in [2.05, 4.69) is 226 Å². The minimum atomic E-state index is -0.266. The SMILES string of the molecule is Cc1cc(C)cc(N(c2cc(C)cc(C)c2)c2ccc3c(c2)C(C)(C)c2c4c(c5ccccc5c2-3)-c2ccc(N(c3cc(C)cc(C)c3)c3cc(C)cc(C)c3)cc2C4(C)C)c1. The molecular formula is C60H58N2. The normalized spacial score (nSPS) is 14.1. The standard InChI is InChI=1S/C60H58N2/c1-35-21-36(2)26-45(25-35)61(46-27-37(3)22-38(4)28-46)43-17-19-51-53(33-43)59(9,10)57-55(51)49-15-13-14-16-50(49)56-52-20-18-44(34-54(52)60(11,12)58(56)57)62(47-29-39(5)23-40(6)30-47)48-31-41(7)24-42(8)32-48/h13-34H,1-12H3. The fourth-order valence-electron chi connectivity index (χ4n) is 11.5. The highest BCUT2D eigenvalue weighted by atomic mass is 15.1. The number of anilines is 6. The summed E-state index contributed by atoms with van der Waals surface area (Å²) in [4.78, 5) is 4.95. The molecule has 0 aromatic heterocycles. The van der Waals surface area contributed by atoms with Crippen molar-refractivity contribution in [1.29, 1.82) is 0 Å². The molecule has 0 atom stereocenters. The zero-order chi connectivity index (χ0) is 43.6. The lowest BCUT2D eigenvalue weighted by Gasteiger charge is -2.32. The van der Waals surface area contributed by atoms with Crippen molar-refractivity contribution in [2.75, 3.05) is 9.80 Å². The number of rotatable bonds is 6. The van der Waals surface area contributed by atoms with Gasteiger partial charge < -0.3 is 9.80 Å². The molecule has 10 rings (SSSR count). The fourth-order valence-corrected chi connectivity index (χ4v) is 11.5. The molecule has 0 heterocycles. The molecule has 0 amide bonds. The Morgan fingerprint density at radius 2 is 0.581 bits per heavy atom. The van der Waals surface area contributed by atoms with Crippen molar-refractivity contribution >= 4 is 44.9 Å². The van der Waals surface area contributed by atoms with Crippen LogP contribution in [0.2, 0.25) is 0 Å². The number of hydrogen-bond donors (Lipinski definition) is 0. The first-order chi connectivity index (χ1) is 29.5. The number of benzene rings is 8. The molecule has 8 aromatic rings. The molecule has 2 aliphatic rings. The Kier molecular flexibility index (Phi) is 9.02. The van der Waals surface area contributed by atoms with Crippen LogP contribution in [0.4, 0.5) is 34.1 Å². The zero-order valence-corrected chi connectivity index (χ0v) is 38.6. The van der Waals surface area contributed by atoms with Crippen LogP contribution in [0, 0.1) is 55.4 Å². The van der Waals surface area contributed by atoms with Gasteiger partial charge in [0.1, 0.15) is 0 Å². The monoisotopic (exact) mass is 806 g/mol. The van der Waals surface area contributed by atoms with Crippen molar-refractivity contribution < 1.29 is 0 Å². The average Bonchev–Trinajstić information content (AvgIpc) is 3.56. The van der Waals surface area contributed by atoms with E-state index in [9.17, 15) is 0 Å². The molecule has 0 fully saturated rings. The van der Waals surface area contributed by atoms with E-state index in [1.54, 1.807) is 0 Å². The van der Waals surface area contributed by atoms with Crippen molar-refractivity contribution in [2.24, 2.45) is 0 Å². The van der Waals surface area contributed by atoms with E-state index in [4.69, 9.17) is 0 Å². The summed E-state index contributed by atoms with van der Waals surface area (Å²) in [5.41, 5.74) is 27.9. The van der Waals surface area contributed by atoms with Gasteiger partial charge in [-0.3, -0.25) is 0 Å². The van der Waals surface area contributed by atoms with Crippen LogP contribution in [-0.4, -0.2) is 0 Å². The van der Waals surface area contributed by atoms with Gasteiger partial charge in [0.25, 0.3) is 0 Å². The van der Waals surface area contributed by atoms with Gasteiger partial charge in [0, 0.05) is 45.0 Å². The second-order valence-corrected chi connectivity index (χ2v) is 19.8. The second kappa shape index (κ2) is 14.1. The van der Waals surface area contributed by atoms with Gasteiger partial charge in [0.05, 0.1) is 0 Å². The van der Waals surface area contributed by atoms with Crippen LogP contribution in [0.3, 0.4) is 0 Å². The molecule has 0 N–H and O–H groups in total. The van der Waals surface area contributed by atoms with Gasteiger partial charge in [-0.25, -0.2) is 0 Å². The van der Waals surface area contributed by atoms with E-state index in [0.717, 1.165) is 0 Å². The third-order valence-corrected chi connectivity index (χ3v) is 13.7. The summed E-state index contributed by atoms with van der Waals surface area (Å²) in [5, 5.41) is 2.67. The van der Waals surface area contributed by atoms with Gasteiger partial charge in [0.2, 0.25) is 0 Å². The van der Waals surface area contributed by atoms with Crippen molar-refractivity contribution in [3.05, 3.63) is 200 Å². The second-order valence-electron chi connectivity index (χ2n) is 19.8. The molecule has 0 bridgehead atoms. The van der Waals surface area contributed by atoms with Crippen molar-refractivity contribution in [2.45, 2.75) is 93.9 Å². The maximum Gasteiger partial charge on any atom is 0.0466 e. The highest BCUT2D eigenvalue weighted by molar-refractivity contribution is 6.13. The number of fused-ring (bicyclic) bond motifs is 10. The van der Waals surface area contributed by atoms with E-state index in [-0.39, 0.29) is 10.8 Å². The Morgan fingerprint density at radius 1 is 0.306 bits per heavy atom. The maximum absolute atomic E-state index is 2.50. The molecule has 2 nitrogen and oxygen atoms in total. The minimum Gasteiger partial charge on any atom is -0.310 e. The first kappa shape index (κ1) is 39.7. The summed E-state index contributed by atoms with van der Waals surface area (Å²) in [6.07, 6.45) is 0. The fraction of sp³-hybridized carbons (Fsp3) is 0.233. The first-order valence-corrected chi connectivity index (χ1v) is 22.3. The van der Waals surface area contributed by atoms with Crippen molar-refractivity contribution in [3.63, 3.8) is 0 Å². The molecule has 0 unspecified atom stereocenters. The van der Waals surface area contributed by atoms with Gasteiger partial charge in [-0.15, -0.1) is 0 Å². The van der Waals surface area contributed by atoms with Crippen LogP contribution in [-0.2, 0) is 10.8 Å². The third-order valence-electron chi connectivity index (χ3n) is 13.7. The summed E-state index contributed by atoms with van der Waals surface area (Å²) in [5.74, 6) is 0. The Balaban J connectivity index is 1.18. The Labute approximate surface area is 369 Å². The van der Waals surface area contributed by atoms with Gasteiger partial charge in [0.15, 0.2) is 0 Å². The summed E-state index contributed by atoms with van der Waals surface area (Å²) in [6, 6.07) is 51.5. The smallest absolute Gasteiger partial charge is 0.0466 e. The quantitative estimate of drug-likeness (QED) is 0.165. The van der Waals surface area contributed by atoms with Gasteiger partial charge >= 0.3 is 0 Å². The maximum atomic E-state index is 2.50. The van der Waals surface area contributed by atoms with E-state index < -0.39 is 0 Å². The van der Waals surface area contributed by atoms with Crippen LogP contribution >= 0.6 is 0 Å². The zero-order valence-electron chi connectivity index (χ0n) is 38.6. The number of aryl methyl sites for hydroxylation is 8. The summed E-state index contributed by atoms with van der Waals surface area (Å²) in [6.45, 7) is 27.5. The van der Waals surface area contributed by atoms with E-state index >= 15 is 0 Å². The van der Waals surface area contributed by atoms with Crippen LogP contribution in [0.25, 0.3) is 33.0 Å². The van der Waals surface area contributed by atoms with Crippen LogP contribution in [0.15, 0.2) is 133 Å². The summed E-state index contributed by atoms with van der Waals surface area (Å²) in [7, 11) is 0. The molecule has 2 heteroatoms. The van der Waals surface area contributed by atoms with E-state index in [1.165, 1.54) is 134 Å². The first-order valence-electron chi connectivity index (χ1n) is 22.3. The highest BCUT2D eigenvalue weighted by Crippen LogP contribution is 2.63. The molecule has 2 aliphatic carbocycles. The molecule has 0 spiro atoms. The van der Waals surface area contributed by atoms with Crippen molar-refractivity contribution in [3.8, 4) is 22.3 Å². The van der Waals surface area contributed by atoms with E-state index in [1.807, 2.05) is 0 Å². The van der Waals surface area contributed by atoms with Crippen LogP contribution in [0.1, 0.15) is 94.5 Å². The number of hydrogen-bond acceptors (Lipinski definition) is 2. The topological polar surface area (TPSA) is 6.48 Å². The minimum absolute atomic E-state index is 0.266. The summed E-state index contributed by atoms with van der Waals surface area (Å²) < 4.78 is 0. The Bertz CT molecular complexity index is 2780.